The van der Waals surface area contributed by atoms with Crippen molar-refractivity contribution in [2.24, 2.45) is 0 Å². The standard InChI is InChI=1S/C38H78N2O4/c1-7-9-11-13-15-17-19-21-23-25-29-37(41)43-35-33-39(3,4)31-27-28-32-40(5,6)34-36-44-38(42)30-26-24-22-20-18-16-14-12-10-8-2/h7-36H2,1-6H3/q+2. The molecule has 0 rings (SSSR count). The van der Waals surface area contributed by atoms with Crippen molar-refractivity contribution in [1.82, 2.24) is 0 Å². The fraction of sp³-hybridized carbons (Fsp3) is 0.947. The Balaban J connectivity index is 3.72. The fourth-order valence-electron chi connectivity index (χ4n) is 5.77. The van der Waals surface area contributed by atoms with Gasteiger partial charge >= 0.3 is 11.9 Å². The number of nitrogens with zero attached hydrogens (tertiary/aromatic N) is 2. The first-order valence-corrected chi connectivity index (χ1v) is 19.1. The minimum Gasteiger partial charge on any atom is -0.460 e. The van der Waals surface area contributed by atoms with E-state index in [2.05, 4.69) is 42.0 Å². The molecule has 0 bridgehead atoms. The van der Waals surface area contributed by atoms with Crippen molar-refractivity contribution in [2.45, 2.75) is 168 Å². The molecular weight excluding hydrogens is 548 g/mol. The van der Waals surface area contributed by atoms with Crippen LogP contribution in [0.3, 0.4) is 0 Å². The van der Waals surface area contributed by atoms with E-state index in [0.29, 0.717) is 26.1 Å². The van der Waals surface area contributed by atoms with Gasteiger partial charge in [0.2, 0.25) is 0 Å². The van der Waals surface area contributed by atoms with Crippen LogP contribution in [0.2, 0.25) is 0 Å². The van der Waals surface area contributed by atoms with Crippen LogP contribution < -0.4 is 0 Å². The van der Waals surface area contributed by atoms with Crippen LogP contribution in [0, 0.1) is 0 Å². The summed E-state index contributed by atoms with van der Waals surface area (Å²) in [6, 6.07) is 0. The second kappa shape index (κ2) is 29.3. The number of ether oxygens (including phenoxy) is 2. The maximum atomic E-state index is 12.1. The summed E-state index contributed by atoms with van der Waals surface area (Å²) in [5, 5.41) is 0. The first kappa shape index (κ1) is 42.9. The summed E-state index contributed by atoms with van der Waals surface area (Å²) in [4.78, 5) is 24.3. The van der Waals surface area contributed by atoms with E-state index in [1.54, 1.807) is 0 Å². The Bertz CT molecular complexity index is 609. The van der Waals surface area contributed by atoms with Gasteiger partial charge in [-0.3, -0.25) is 9.59 Å². The molecule has 262 valence electrons. The smallest absolute Gasteiger partial charge is 0.305 e. The van der Waals surface area contributed by atoms with E-state index in [4.69, 9.17) is 9.47 Å². The zero-order valence-corrected chi connectivity index (χ0v) is 30.7. The summed E-state index contributed by atoms with van der Waals surface area (Å²) < 4.78 is 12.8. The minimum absolute atomic E-state index is 0.0344. The molecule has 0 atom stereocenters. The van der Waals surface area contributed by atoms with Crippen molar-refractivity contribution in [3.05, 3.63) is 0 Å². The average Bonchev–Trinajstić information content (AvgIpc) is 2.97. The molecule has 6 heteroatoms. The predicted molar refractivity (Wildman–Crippen MR) is 188 cm³/mol. The number of likely N-dealkylation sites (N-methyl/N-ethyl adjacent to an activating group) is 2. The van der Waals surface area contributed by atoms with Gasteiger partial charge in [-0.2, -0.15) is 0 Å². The Kier molecular flexibility index (Phi) is 28.5. The Morgan fingerprint density at radius 1 is 0.386 bits per heavy atom. The molecule has 44 heavy (non-hydrogen) atoms. The molecule has 0 saturated heterocycles. The summed E-state index contributed by atoms with van der Waals surface area (Å²) in [5.41, 5.74) is 0. The lowest BCUT2D eigenvalue weighted by molar-refractivity contribution is -0.897. The summed E-state index contributed by atoms with van der Waals surface area (Å²) in [6.45, 7) is 9.41. The van der Waals surface area contributed by atoms with Crippen molar-refractivity contribution in [3.8, 4) is 0 Å². The highest BCUT2D eigenvalue weighted by Crippen LogP contribution is 2.13. The number of hydrogen-bond donors (Lipinski definition) is 0. The molecule has 0 aromatic heterocycles. The van der Waals surface area contributed by atoms with Gasteiger partial charge in [-0.05, 0) is 12.8 Å². The van der Waals surface area contributed by atoms with E-state index < -0.39 is 0 Å². The second-order valence-electron chi connectivity index (χ2n) is 14.8. The first-order chi connectivity index (χ1) is 21.1. The minimum atomic E-state index is -0.0344. The van der Waals surface area contributed by atoms with Crippen molar-refractivity contribution in [2.75, 3.05) is 67.6 Å². The third-order valence-corrected chi connectivity index (χ3v) is 9.17. The quantitative estimate of drug-likeness (QED) is 0.0413. The maximum Gasteiger partial charge on any atom is 0.305 e. The number of quaternary nitrogens is 2. The molecule has 6 nitrogen and oxygen atoms in total. The van der Waals surface area contributed by atoms with Gasteiger partial charge in [-0.15, -0.1) is 0 Å². The van der Waals surface area contributed by atoms with E-state index >= 15 is 0 Å². The van der Waals surface area contributed by atoms with Crippen LogP contribution in [0.5, 0.6) is 0 Å². The van der Waals surface area contributed by atoms with Gasteiger partial charge in [0.05, 0.1) is 41.3 Å². The zero-order chi connectivity index (χ0) is 32.8. The molecule has 0 unspecified atom stereocenters. The third kappa shape index (κ3) is 30.9. The largest absolute Gasteiger partial charge is 0.460 e. The van der Waals surface area contributed by atoms with Crippen molar-refractivity contribution >= 4 is 11.9 Å². The van der Waals surface area contributed by atoms with Crippen LogP contribution in [0.4, 0.5) is 0 Å². The predicted octanol–water partition coefficient (Wildman–Crippen LogP) is 9.63. The number of rotatable bonds is 33. The molecule has 0 aliphatic carbocycles. The second-order valence-corrected chi connectivity index (χ2v) is 14.8. The van der Waals surface area contributed by atoms with E-state index in [-0.39, 0.29) is 11.9 Å². The number of unbranched alkanes of at least 4 members (excludes halogenated alkanes) is 19. The lowest BCUT2D eigenvalue weighted by Crippen LogP contribution is -2.45. The molecule has 0 fully saturated rings. The van der Waals surface area contributed by atoms with Gasteiger partial charge in [-0.25, -0.2) is 0 Å². The Morgan fingerprint density at radius 3 is 0.955 bits per heavy atom. The number of esters is 2. The average molecular weight is 627 g/mol. The zero-order valence-electron chi connectivity index (χ0n) is 30.7. The summed E-state index contributed by atoms with van der Waals surface area (Å²) in [6.07, 6.45) is 29.0. The number of carbonyl (C=O) groups excluding carboxylic acids is 2. The normalized spacial score (nSPS) is 12.0. The summed E-state index contributed by atoms with van der Waals surface area (Å²) in [5.74, 6) is -0.0689. The lowest BCUT2D eigenvalue weighted by atomic mass is 10.1. The summed E-state index contributed by atoms with van der Waals surface area (Å²) in [7, 11) is 8.91. The molecule has 0 aliphatic heterocycles. The molecule has 0 heterocycles. The van der Waals surface area contributed by atoms with Gasteiger partial charge in [-0.1, -0.05) is 129 Å². The molecule has 0 saturated carbocycles. The Morgan fingerprint density at radius 2 is 0.659 bits per heavy atom. The van der Waals surface area contributed by atoms with Crippen molar-refractivity contribution in [3.63, 3.8) is 0 Å². The topological polar surface area (TPSA) is 52.6 Å². The number of carbonyl (C=O) groups is 2. The van der Waals surface area contributed by atoms with E-state index in [1.807, 2.05) is 0 Å². The van der Waals surface area contributed by atoms with E-state index in [9.17, 15) is 9.59 Å². The molecule has 0 aromatic carbocycles. The Labute approximate surface area is 275 Å². The molecular formula is C38H78N2O4+2. The van der Waals surface area contributed by atoms with E-state index in [1.165, 1.54) is 103 Å². The molecule has 0 amide bonds. The molecule has 0 N–H and O–H groups in total. The molecule has 0 aromatic rings. The molecule has 0 radical (unpaired) electrons. The third-order valence-electron chi connectivity index (χ3n) is 9.17. The highest BCUT2D eigenvalue weighted by atomic mass is 16.5. The van der Waals surface area contributed by atoms with E-state index in [0.717, 1.165) is 73.7 Å². The molecule has 0 aliphatic rings. The molecule has 0 spiro atoms. The highest BCUT2D eigenvalue weighted by Gasteiger charge is 2.19. The van der Waals surface area contributed by atoms with Crippen LogP contribution in [0.25, 0.3) is 0 Å². The van der Waals surface area contributed by atoms with Gasteiger partial charge in [0.15, 0.2) is 0 Å². The van der Waals surface area contributed by atoms with Crippen LogP contribution >= 0.6 is 0 Å². The lowest BCUT2D eigenvalue weighted by Gasteiger charge is -2.32. The maximum absolute atomic E-state index is 12.1. The van der Waals surface area contributed by atoms with Crippen molar-refractivity contribution in [1.29, 1.82) is 0 Å². The van der Waals surface area contributed by atoms with Crippen LogP contribution in [-0.2, 0) is 19.1 Å². The first-order valence-electron chi connectivity index (χ1n) is 19.1. The number of hydrogen-bond acceptors (Lipinski definition) is 4. The van der Waals surface area contributed by atoms with Gasteiger partial charge in [0.1, 0.15) is 26.3 Å². The monoisotopic (exact) mass is 627 g/mol. The van der Waals surface area contributed by atoms with Crippen LogP contribution in [-0.4, -0.2) is 88.5 Å². The Hall–Kier alpha value is -1.14. The van der Waals surface area contributed by atoms with Crippen LogP contribution in [0.1, 0.15) is 168 Å². The SMILES string of the molecule is CCCCCCCCCCCCC(=O)OCC[N+](C)(C)CCCC[N+](C)(C)CCOC(=O)CCCCCCCCCCCC. The van der Waals surface area contributed by atoms with Crippen LogP contribution in [0.15, 0.2) is 0 Å². The van der Waals surface area contributed by atoms with Crippen molar-refractivity contribution < 1.29 is 28.0 Å². The summed E-state index contributed by atoms with van der Waals surface area (Å²) >= 11 is 0. The van der Waals surface area contributed by atoms with Gasteiger partial charge in [0.25, 0.3) is 0 Å². The van der Waals surface area contributed by atoms with Gasteiger partial charge in [0, 0.05) is 25.7 Å². The van der Waals surface area contributed by atoms with Gasteiger partial charge < -0.3 is 18.4 Å². The fourth-order valence-corrected chi connectivity index (χ4v) is 5.77. The highest BCUT2D eigenvalue weighted by molar-refractivity contribution is 5.69.